The second kappa shape index (κ2) is 7.79. The number of hydrogen-bond donors (Lipinski definition) is 1. The average molecular weight is 284 g/mol. The Bertz CT molecular complexity index is 551. The number of aromatic nitrogens is 1. The van der Waals surface area contributed by atoms with Gasteiger partial charge in [-0.05, 0) is 61.2 Å². The average Bonchev–Trinajstić information content (AvgIpc) is 2.53. The van der Waals surface area contributed by atoms with Crippen molar-refractivity contribution in [1.82, 2.24) is 10.3 Å². The molecule has 0 aliphatic heterocycles. The lowest BCUT2D eigenvalue weighted by molar-refractivity contribution is 0.414. The molecule has 1 heterocycles. The Labute approximate surface area is 127 Å². The van der Waals surface area contributed by atoms with Gasteiger partial charge in [-0.15, -0.1) is 0 Å². The van der Waals surface area contributed by atoms with Crippen molar-refractivity contribution in [2.45, 2.75) is 32.7 Å². The van der Waals surface area contributed by atoms with Gasteiger partial charge < -0.3 is 10.1 Å². The summed E-state index contributed by atoms with van der Waals surface area (Å²) < 4.78 is 5.22. The highest BCUT2D eigenvalue weighted by Crippen LogP contribution is 2.22. The molecule has 1 aromatic carbocycles. The van der Waals surface area contributed by atoms with Crippen molar-refractivity contribution in [3.05, 3.63) is 59.4 Å². The Morgan fingerprint density at radius 1 is 1.19 bits per heavy atom. The number of nitrogens with zero attached hydrogens (tertiary/aromatic N) is 1. The van der Waals surface area contributed by atoms with Gasteiger partial charge >= 0.3 is 0 Å². The molecular formula is C18H24N2O. The first kappa shape index (κ1) is 15.5. The van der Waals surface area contributed by atoms with E-state index < -0.39 is 0 Å². The van der Waals surface area contributed by atoms with E-state index >= 15 is 0 Å². The van der Waals surface area contributed by atoms with Crippen molar-refractivity contribution < 1.29 is 4.74 Å². The number of methoxy groups -OCH3 is 1. The minimum atomic E-state index is 0.298. The van der Waals surface area contributed by atoms with Crippen molar-refractivity contribution in [3.8, 4) is 5.75 Å². The van der Waals surface area contributed by atoms with Gasteiger partial charge in [0.25, 0.3) is 0 Å². The summed E-state index contributed by atoms with van der Waals surface area (Å²) in [6.07, 6.45) is 5.91. The van der Waals surface area contributed by atoms with E-state index in [1.165, 1.54) is 16.7 Å². The first-order valence-electron chi connectivity index (χ1n) is 7.51. The van der Waals surface area contributed by atoms with Crippen LogP contribution in [0.5, 0.6) is 5.75 Å². The summed E-state index contributed by atoms with van der Waals surface area (Å²) in [5, 5.41) is 3.63. The van der Waals surface area contributed by atoms with Crippen LogP contribution in [0.1, 0.15) is 36.1 Å². The van der Waals surface area contributed by atoms with Crippen molar-refractivity contribution in [1.29, 1.82) is 0 Å². The summed E-state index contributed by atoms with van der Waals surface area (Å²) >= 11 is 0. The van der Waals surface area contributed by atoms with Crippen molar-refractivity contribution in [2.24, 2.45) is 0 Å². The zero-order valence-corrected chi connectivity index (χ0v) is 13.1. The van der Waals surface area contributed by atoms with Crippen LogP contribution >= 0.6 is 0 Å². The van der Waals surface area contributed by atoms with Gasteiger partial charge in [0.1, 0.15) is 5.75 Å². The van der Waals surface area contributed by atoms with Gasteiger partial charge in [-0.3, -0.25) is 4.98 Å². The van der Waals surface area contributed by atoms with Gasteiger partial charge in [-0.1, -0.05) is 19.1 Å². The lowest BCUT2D eigenvalue weighted by Gasteiger charge is -2.20. The standard InChI is InChI=1S/C18H24N2O/c1-4-10-20-18(17-13-19-11-9-14(17)2)12-15-5-7-16(21-3)8-6-15/h5-9,11,13,18,20H,4,10,12H2,1-3H3. The fourth-order valence-electron chi connectivity index (χ4n) is 2.45. The van der Waals surface area contributed by atoms with Gasteiger partial charge in [0.15, 0.2) is 0 Å². The van der Waals surface area contributed by atoms with Gasteiger partial charge in [0, 0.05) is 18.4 Å². The summed E-state index contributed by atoms with van der Waals surface area (Å²) in [5.41, 5.74) is 3.86. The Balaban J connectivity index is 2.17. The van der Waals surface area contributed by atoms with E-state index in [0.29, 0.717) is 6.04 Å². The fraction of sp³-hybridized carbons (Fsp3) is 0.389. The fourth-order valence-corrected chi connectivity index (χ4v) is 2.45. The molecule has 0 fully saturated rings. The topological polar surface area (TPSA) is 34.1 Å². The Morgan fingerprint density at radius 3 is 2.57 bits per heavy atom. The molecule has 0 radical (unpaired) electrons. The molecule has 2 aromatic rings. The van der Waals surface area contributed by atoms with Gasteiger partial charge in [-0.2, -0.15) is 0 Å². The van der Waals surface area contributed by atoms with E-state index in [1.54, 1.807) is 7.11 Å². The van der Waals surface area contributed by atoms with Crippen molar-refractivity contribution in [2.75, 3.05) is 13.7 Å². The van der Waals surface area contributed by atoms with E-state index in [-0.39, 0.29) is 0 Å². The molecule has 1 aromatic heterocycles. The van der Waals surface area contributed by atoms with Crippen molar-refractivity contribution in [3.63, 3.8) is 0 Å². The molecule has 21 heavy (non-hydrogen) atoms. The highest BCUT2D eigenvalue weighted by Gasteiger charge is 2.14. The molecule has 0 bridgehead atoms. The molecule has 0 aliphatic carbocycles. The highest BCUT2D eigenvalue weighted by molar-refractivity contribution is 5.31. The van der Waals surface area contributed by atoms with Crippen LogP contribution in [0.15, 0.2) is 42.7 Å². The lowest BCUT2D eigenvalue weighted by Crippen LogP contribution is -2.25. The lowest BCUT2D eigenvalue weighted by atomic mass is 9.97. The van der Waals surface area contributed by atoms with E-state index in [9.17, 15) is 0 Å². The number of benzene rings is 1. The van der Waals surface area contributed by atoms with Crippen LogP contribution in [0.25, 0.3) is 0 Å². The number of nitrogens with one attached hydrogen (secondary N) is 1. The molecule has 0 amide bonds. The predicted octanol–water partition coefficient (Wildman–Crippen LogP) is 3.68. The SMILES string of the molecule is CCCNC(Cc1ccc(OC)cc1)c1cnccc1C. The number of aryl methyl sites for hydroxylation is 1. The summed E-state index contributed by atoms with van der Waals surface area (Å²) in [7, 11) is 1.69. The van der Waals surface area contributed by atoms with Crippen LogP contribution in [-0.2, 0) is 6.42 Å². The Kier molecular flexibility index (Phi) is 5.76. The van der Waals surface area contributed by atoms with E-state index in [2.05, 4.69) is 42.3 Å². The summed E-state index contributed by atoms with van der Waals surface area (Å²) in [6, 6.07) is 10.7. The monoisotopic (exact) mass is 284 g/mol. The largest absolute Gasteiger partial charge is 0.497 e. The molecule has 1 atom stereocenters. The Morgan fingerprint density at radius 2 is 1.95 bits per heavy atom. The van der Waals surface area contributed by atoms with Gasteiger partial charge in [0.05, 0.1) is 7.11 Å². The van der Waals surface area contributed by atoms with Crippen molar-refractivity contribution >= 4 is 0 Å². The molecule has 1 N–H and O–H groups in total. The van der Waals surface area contributed by atoms with Gasteiger partial charge in [0.2, 0.25) is 0 Å². The molecule has 0 saturated carbocycles. The third kappa shape index (κ3) is 4.30. The van der Waals surface area contributed by atoms with Crippen LogP contribution in [0.4, 0.5) is 0 Å². The van der Waals surface area contributed by atoms with Crippen LogP contribution in [0.3, 0.4) is 0 Å². The maximum Gasteiger partial charge on any atom is 0.118 e. The number of rotatable bonds is 7. The van der Waals surface area contributed by atoms with E-state index in [0.717, 1.165) is 25.1 Å². The minimum Gasteiger partial charge on any atom is -0.497 e. The number of ether oxygens (including phenoxy) is 1. The van der Waals surface area contributed by atoms with Crippen LogP contribution < -0.4 is 10.1 Å². The summed E-state index contributed by atoms with van der Waals surface area (Å²) in [6.45, 7) is 5.34. The molecule has 112 valence electrons. The van der Waals surface area contributed by atoms with Crippen LogP contribution in [0.2, 0.25) is 0 Å². The zero-order valence-electron chi connectivity index (χ0n) is 13.1. The molecule has 2 rings (SSSR count). The first-order chi connectivity index (χ1) is 10.2. The third-order valence-electron chi connectivity index (χ3n) is 3.69. The summed E-state index contributed by atoms with van der Waals surface area (Å²) in [5.74, 6) is 0.898. The van der Waals surface area contributed by atoms with Crippen LogP contribution in [-0.4, -0.2) is 18.6 Å². The molecular weight excluding hydrogens is 260 g/mol. The smallest absolute Gasteiger partial charge is 0.118 e. The number of pyridine rings is 1. The molecule has 3 nitrogen and oxygen atoms in total. The van der Waals surface area contributed by atoms with Gasteiger partial charge in [-0.25, -0.2) is 0 Å². The first-order valence-corrected chi connectivity index (χ1v) is 7.51. The molecule has 1 unspecified atom stereocenters. The predicted molar refractivity (Wildman–Crippen MR) is 86.7 cm³/mol. The molecule has 0 spiro atoms. The quantitative estimate of drug-likeness (QED) is 0.842. The number of hydrogen-bond acceptors (Lipinski definition) is 3. The maximum atomic E-state index is 5.22. The van der Waals surface area contributed by atoms with Crippen LogP contribution in [0, 0.1) is 6.92 Å². The summed E-state index contributed by atoms with van der Waals surface area (Å²) in [4.78, 5) is 4.28. The normalized spacial score (nSPS) is 12.1. The maximum absolute atomic E-state index is 5.22. The van der Waals surface area contributed by atoms with E-state index in [1.807, 2.05) is 24.5 Å². The molecule has 0 saturated heterocycles. The zero-order chi connectivity index (χ0) is 15.1. The second-order valence-electron chi connectivity index (χ2n) is 5.29. The minimum absolute atomic E-state index is 0.298. The molecule has 3 heteroatoms. The second-order valence-corrected chi connectivity index (χ2v) is 5.29. The third-order valence-corrected chi connectivity index (χ3v) is 3.69. The molecule has 0 aliphatic rings. The highest BCUT2D eigenvalue weighted by atomic mass is 16.5. The van der Waals surface area contributed by atoms with E-state index in [4.69, 9.17) is 4.74 Å². The Hall–Kier alpha value is -1.87.